The molecule has 0 saturated heterocycles. The normalized spacial score (nSPS) is 13.9. The Morgan fingerprint density at radius 2 is 2.13 bits per heavy atom. The average Bonchev–Trinajstić information content (AvgIpc) is 3.32. The molecular formula is C15H19N5OS2. The van der Waals surface area contributed by atoms with E-state index in [0.717, 1.165) is 29.5 Å². The molecule has 1 aromatic heterocycles. The second-order valence-electron chi connectivity index (χ2n) is 5.31. The van der Waals surface area contributed by atoms with Gasteiger partial charge in [-0.25, -0.2) is 4.68 Å². The molecule has 1 amide bonds. The molecular weight excluding hydrogens is 330 g/mol. The number of nitrogens with one attached hydrogen (secondary N) is 1. The summed E-state index contributed by atoms with van der Waals surface area (Å²) in [5.41, 5.74) is 1.31. The van der Waals surface area contributed by atoms with Crippen molar-refractivity contribution >= 4 is 29.4 Å². The van der Waals surface area contributed by atoms with Gasteiger partial charge in [0.05, 0.1) is 11.8 Å². The number of carbonyl (C=O) groups excluding carboxylic acids is 1. The number of hydrogen-bond acceptors (Lipinski definition) is 6. The zero-order valence-electron chi connectivity index (χ0n) is 12.7. The Morgan fingerprint density at radius 1 is 1.30 bits per heavy atom. The third kappa shape index (κ3) is 5.24. The van der Waals surface area contributed by atoms with E-state index < -0.39 is 0 Å². The first-order valence-electron chi connectivity index (χ1n) is 7.62. The van der Waals surface area contributed by atoms with Gasteiger partial charge in [0.15, 0.2) is 0 Å². The third-order valence-electron chi connectivity index (χ3n) is 3.37. The maximum Gasteiger partial charge on any atom is 0.230 e. The summed E-state index contributed by atoms with van der Waals surface area (Å²) in [7, 11) is 0. The van der Waals surface area contributed by atoms with Crippen molar-refractivity contribution in [3.63, 3.8) is 0 Å². The van der Waals surface area contributed by atoms with Gasteiger partial charge in [0.25, 0.3) is 0 Å². The number of aromatic nitrogens is 4. The average molecular weight is 349 g/mol. The molecule has 0 unspecified atom stereocenters. The lowest BCUT2D eigenvalue weighted by atomic mass is 10.2. The number of nitrogens with zero attached hydrogens (tertiary/aromatic N) is 4. The van der Waals surface area contributed by atoms with Crippen molar-refractivity contribution in [2.45, 2.75) is 29.8 Å². The predicted molar refractivity (Wildman–Crippen MR) is 92.4 cm³/mol. The third-order valence-corrected chi connectivity index (χ3v) is 5.33. The largest absolute Gasteiger partial charge is 0.355 e. The van der Waals surface area contributed by atoms with Crippen LogP contribution >= 0.6 is 23.5 Å². The highest BCUT2D eigenvalue weighted by Crippen LogP contribution is 2.36. The van der Waals surface area contributed by atoms with Crippen molar-refractivity contribution in [3.05, 3.63) is 35.9 Å². The van der Waals surface area contributed by atoms with E-state index >= 15 is 0 Å². The zero-order valence-corrected chi connectivity index (χ0v) is 14.4. The highest BCUT2D eigenvalue weighted by molar-refractivity contribution is 7.99. The van der Waals surface area contributed by atoms with Crippen molar-refractivity contribution in [1.82, 2.24) is 25.5 Å². The van der Waals surface area contributed by atoms with E-state index in [-0.39, 0.29) is 5.91 Å². The van der Waals surface area contributed by atoms with Crippen molar-refractivity contribution in [2.75, 3.05) is 18.1 Å². The standard InChI is InChI=1S/C15H19N5OS2/c21-14(11-23-15-17-18-19-20(15)13-6-7-13)16-8-9-22-10-12-4-2-1-3-5-12/h1-5,13H,6-11H2,(H,16,21). The molecule has 1 saturated carbocycles. The van der Waals surface area contributed by atoms with Crippen LogP contribution in [0.1, 0.15) is 24.4 Å². The van der Waals surface area contributed by atoms with Crippen LogP contribution in [0.5, 0.6) is 0 Å². The molecule has 1 N–H and O–H groups in total. The van der Waals surface area contributed by atoms with Gasteiger partial charge in [-0.15, -0.1) is 5.10 Å². The molecule has 6 nitrogen and oxygen atoms in total. The molecule has 1 heterocycles. The van der Waals surface area contributed by atoms with Gasteiger partial charge in [-0.2, -0.15) is 11.8 Å². The fourth-order valence-electron chi connectivity index (χ4n) is 2.04. The minimum absolute atomic E-state index is 0.0284. The van der Waals surface area contributed by atoms with Gasteiger partial charge in [-0.05, 0) is 28.8 Å². The number of hydrogen-bond donors (Lipinski definition) is 1. The fourth-order valence-corrected chi connectivity index (χ4v) is 3.63. The van der Waals surface area contributed by atoms with E-state index in [4.69, 9.17) is 0 Å². The summed E-state index contributed by atoms with van der Waals surface area (Å²) in [4.78, 5) is 11.8. The monoisotopic (exact) mass is 349 g/mol. The molecule has 8 heteroatoms. The molecule has 2 aromatic rings. The summed E-state index contributed by atoms with van der Waals surface area (Å²) in [6, 6.07) is 10.8. The molecule has 0 spiro atoms. The Bertz CT molecular complexity index is 630. The van der Waals surface area contributed by atoms with Crippen LogP contribution in [0.2, 0.25) is 0 Å². The first kappa shape index (κ1) is 16.3. The van der Waals surface area contributed by atoms with Crippen LogP contribution in [0, 0.1) is 0 Å². The molecule has 23 heavy (non-hydrogen) atoms. The summed E-state index contributed by atoms with van der Waals surface area (Å²) in [5.74, 6) is 2.27. The molecule has 1 aromatic carbocycles. The smallest absolute Gasteiger partial charge is 0.230 e. The highest BCUT2D eigenvalue weighted by atomic mass is 32.2. The number of thioether (sulfide) groups is 2. The summed E-state index contributed by atoms with van der Waals surface area (Å²) < 4.78 is 1.83. The maximum atomic E-state index is 11.8. The van der Waals surface area contributed by atoms with Gasteiger partial charge in [0.1, 0.15) is 0 Å². The van der Waals surface area contributed by atoms with E-state index in [0.29, 0.717) is 18.3 Å². The SMILES string of the molecule is O=C(CSc1nnnn1C1CC1)NCCSCc1ccccc1. The minimum Gasteiger partial charge on any atom is -0.355 e. The second kappa shape index (κ2) is 8.35. The van der Waals surface area contributed by atoms with E-state index in [2.05, 4.69) is 33.0 Å². The first-order chi connectivity index (χ1) is 11.3. The molecule has 0 aliphatic heterocycles. The lowest BCUT2D eigenvalue weighted by molar-refractivity contribution is -0.118. The van der Waals surface area contributed by atoms with E-state index in [1.54, 1.807) is 0 Å². The van der Waals surface area contributed by atoms with E-state index in [1.165, 1.54) is 17.3 Å². The van der Waals surface area contributed by atoms with Crippen molar-refractivity contribution in [2.24, 2.45) is 0 Å². The Kier molecular flexibility index (Phi) is 5.93. The Morgan fingerprint density at radius 3 is 2.91 bits per heavy atom. The maximum absolute atomic E-state index is 11.8. The molecule has 0 atom stereocenters. The molecule has 1 fully saturated rings. The highest BCUT2D eigenvalue weighted by Gasteiger charge is 2.28. The summed E-state index contributed by atoms with van der Waals surface area (Å²) in [5, 5.41) is 15.3. The predicted octanol–water partition coefficient (Wildman–Crippen LogP) is 2.15. The van der Waals surface area contributed by atoms with Gasteiger partial charge in [-0.3, -0.25) is 4.79 Å². The molecule has 1 aliphatic rings. The second-order valence-corrected chi connectivity index (χ2v) is 7.36. The van der Waals surface area contributed by atoms with Crippen LogP contribution < -0.4 is 5.32 Å². The number of benzene rings is 1. The van der Waals surface area contributed by atoms with Crippen molar-refractivity contribution in [1.29, 1.82) is 0 Å². The topological polar surface area (TPSA) is 72.7 Å². The first-order valence-corrected chi connectivity index (χ1v) is 9.76. The van der Waals surface area contributed by atoms with Gasteiger partial charge in [0.2, 0.25) is 11.1 Å². The fraction of sp³-hybridized carbons (Fsp3) is 0.467. The Labute approximate surface area is 143 Å². The van der Waals surface area contributed by atoms with Crippen LogP contribution in [-0.2, 0) is 10.5 Å². The number of rotatable bonds is 9. The number of amides is 1. The molecule has 0 radical (unpaired) electrons. The number of tetrazole rings is 1. The minimum atomic E-state index is 0.0284. The molecule has 1 aliphatic carbocycles. The van der Waals surface area contributed by atoms with Gasteiger partial charge >= 0.3 is 0 Å². The molecule has 3 rings (SSSR count). The molecule has 122 valence electrons. The summed E-state index contributed by atoms with van der Waals surface area (Å²) in [6.07, 6.45) is 2.26. The van der Waals surface area contributed by atoms with E-state index in [1.807, 2.05) is 34.6 Å². The Hall–Kier alpha value is -1.54. The van der Waals surface area contributed by atoms with Crippen molar-refractivity contribution < 1.29 is 4.79 Å². The molecule has 0 bridgehead atoms. The van der Waals surface area contributed by atoms with Gasteiger partial charge in [-0.1, -0.05) is 42.1 Å². The van der Waals surface area contributed by atoms with Crippen LogP contribution in [-0.4, -0.2) is 44.2 Å². The summed E-state index contributed by atoms with van der Waals surface area (Å²) in [6.45, 7) is 0.685. The quantitative estimate of drug-likeness (QED) is 0.552. The van der Waals surface area contributed by atoms with Crippen LogP contribution in [0.4, 0.5) is 0 Å². The van der Waals surface area contributed by atoms with Gasteiger partial charge in [0, 0.05) is 18.1 Å². The van der Waals surface area contributed by atoms with Crippen LogP contribution in [0.3, 0.4) is 0 Å². The van der Waals surface area contributed by atoms with Crippen LogP contribution in [0.25, 0.3) is 0 Å². The van der Waals surface area contributed by atoms with Crippen LogP contribution in [0.15, 0.2) is 35.5 Å². The lowest BCUT2D eigenvalue weighted by Gasteiger charge is -2.05. The van der Waals surface area contributed by atoms with Gasteiger partial charge < -0.3 is 5.32 Å². The summed E-state index contributed by atoms with van der Waals surface area (Å²) >= 11 is 3.22. The number of carbonyl (C=O) groups is 1. The Balaban J connectivity index is 1.28. The van der Waals surface area contributed by atoms with Crippen molar-refractivity contribution in [3.8, 4) is 0 Å². The zero-order chi connectivity index (χ0) is 15.9. The lowest BCUT2D eigenvalue weighted by Crippen LogP contribution is -2.27. The van der Waals surface area contributed by atoms with E-state index in [9.17, 15) is 4.79 Å².